The number of piperazine rings is 1. The number of rotatable bonds is 3. The molecule has 3 heteroatoms. The molecule has 2 N–H and O–H groups in total. The molecule has 1 aromatic carbocycles. The van der Waals surface area contributed by atoms with E-state index in [2.05, 4.69) is 55.0 Å². The standard InChI is InChI=1S/C15H25N3/c1-12-5-4-6-14(9-12)15(16)11-18-8-7-17(3)13(2)10-18/h4-6,9,13,15H,7-8,10-11,16H2,1-3H3. The Morgan fingerprint density at radius 1 is 1.39 bits per heavy atom. The Bertz CT molecular complexity index is 391. The Labute approximate surface area is 111 Å². The van der Waals surface area contributed by atoms with E-state index in [0.29, 0.717) is 6.04 Å². The van der Waals surface area contributed by atoms with E-state index in [9.17, 15) is 0 Å². The molecule has 2 unspecified atom stereocenters. The Kier molecular flexibility index (Phi) is 4.38. The molecule has 18 heavy (non-hydrogen) atoms. The molecule has 100 valence electrons. The molecule has 1 aliphatic rings. The molecule has 0 aromatic heterocycles. The van der Waals surface area contributed by atoms with Gasteiger partial charge in [0.05, 0.1) is 0 Å². The summed E-state index contributed by atoms with van der Waals surface area (Å²) < 4.78 is 0. The Morgan fingerprint density at radius 2 is 2.17 bits per heavy atom. The van der Waals surface area contributed by atoms with E-state index in [0.717, 1.165) is 26.2 Å². The van der Waals surface area contributed by atoms with Crippen LogP contribution < -0.4 is 5.73 Å². The van der Waals surface area contributed by atoms with Crippen LogP contribution in [0, 0.1) is 6.92 Å². The van der Waals surface area contributed by atoms with Gasteiger partial charge < -0.3 is 10.6 Å². The van der Waals surface area contributed by atoms with Gasteiger partial charge in [0.1, 0.15) is 0 Å². The van der Waals surface area contributed by atoms with Gasteiger partial charge in [-0.15, -0.1) is 0 Å². The van der Waals surface area contributed by atoms with Crippen LogP contribution in [0.1, 0.15) is 24.1 Å². The van der Waals surface area contributed by atoms with Gasteiger partial charge >= 0.3 is 0 Å². The zero-order valence-electron chi connectivity index (χ0n) is 11.8. The molecule has 1 fully saturated rings. The lowest BCUT2D eigenvalue weighted by Gasteiger charge is -2.38. The van der Waals surface area contributed by atoms with Gasteiger partial charge in [0.15, 0.2) is 0 Å². The number of likely N-dealkylation sites (N-methyl/N-ethyl adjacent to an activating group) is 1. The third kappa shape index (κ3) is 3.31. The van der Waals surface area contributed by atoms with Crippen LogP contribution in [0.5, 0.6) is 0 Å². The van der Waals surface area contributed by atoms with Crippen molar-refractivity contribution in [3.05, 3.63) is 35.4 Å². The molecule has 2 atom stereocenters. The maximum Gasteiger partial charge on any atom is 0.0424 e. The molecule has 0 bridgehead atoms. The first-order valence-electron chi connectivity index (χ1n) is 6.81. The summed E-state index contributed by atoms with van der Waals surface area (Å²) in [7, 11) is 2.20. The molecule has 2 rings (SSSR count). The van der Waals surface area contributed by atoms with Crippen LogP contribution in [0.3, 0.4) is 0 Å². The van der Waals surface area contributed by atoms with Gasteiger partial charge in [0, 0.05) is 38.3 Å². The first kappa shape index (κ1) is 13.5. The van der Waals surface area contributed by atoms with Gasteiger partial charge in [-0.3, -0.25) is 4.90 Å². The van der Waals surface area contributed by atoms with E-state index in [-0.39, 0.29) is 6.04 Å². The van der Waals surface area contributed by atoms with Gasteiger partial charge in [0.2, 0.25) is 0 Å². The van der Waals surface area contributed by atoms with Gasteiger partial charge in [-0.2, -0.15) is 0 Å². The lowest BCUT2D eigenvalue weighted by atomic mass is 10.0. The fourth-order valence-corrected chi connectivity index (χ4v) is 2.57. The van der Waals surface area contributed by atoms with Crippen molar-refractivity contribution in [2.75, 3.05) is 33.2 Å². The smallest absolute Gasteiger partial charge is 0.0424 e. The van der Waals surface area contributed by atoms with Crippen molar-refractivity contribution in [2.24, 2.45) is 5.73 Å². The van der Waals surface area contributed by atoms with Gasteiger partial charge in [-0.1, -0.05) is 29.8 Å². The molecule has 1 saturated heterocycles. The Balaban J connectivity index is 1.93. The number of hydrogen-bond acceptors (Lipinski definition) is 3. The summed E-state index contributed by atoms with van der Waals surface area (Å²) in [5.74, 6) is 0. The third-order valence-electron chi connectivity index (χ3n) is 3.97. The zero-order chi connectivity index (χ0) is 13.1. The normalized spacial score (nSPS) is 24.1. The summed E-state index contributed by atoms with van der Waals surface area (Å²) in [5.41, 5.74) is 8.86. The summed E-state index contributed by atoms with van der Waals surface area (Å²) in [6, 6.07) is 9.30. The highest BCUT2D eigenvalue weighted by Gasteiger charge is 2.22. The number of nitrogens with two attached hydrogens (primary N) is 1. The predicted molar refractivity (Wildman–Crippen MR) is 76.6 cm³/mol. The largest absolute Gasteiger partial charge is 0.323 e. The molecular formula is C15H25N3. The summed E-state index contributed by atoms with van der Waals surface area (Å²) >= 11 is 0. The molecule has 0 aliphatic carbocycles. The summed E-state index contributed by atoms with van der Waals surface area (Å²) in [6.07, 6.45) is 0. The first-order chi connectivity index (χ1) is 8.56. The Hall–Kier alpha value is -0.900. The van der Waals surface area contributed by atoms with Crippen molar-refractivity contribution in [3.8, 4) is 0 Å². The van der Waals surface area contributed by atoms with Crippen molar-refractivity contribution in [1.29, 1.82) is 0 Å². The van der Waals surface area contributed by atoms with Crippen molar-refractivity contribution in [2.45, 2.75) is 25.9 Å². The highest BCUT2D eigenvalue weighted by Crippen LogP contribution is 2.15. The lowest BCUT2D eigenvalue weighted by Crippen LogP contribution is -2.51. The van der Waals surface area contributed by atoms with Crippen LogP contribution in [-0.2, 0) is 0 Å². The highest BCUT2D eigenvalue weighted by atomic mass is 15.3. The van der Waals surface area contributed by atoms with Crippen molar-refractivity contribution in [1.82, 2.24) is 9.80 Å². The summed E-state index contributed by atoms with van der Waals surface area (Å²) in [6.45, 7) is 8.75. The number of benzene rings is 1. The number of hydrogen-bond donors (Lipinski definition) is 1. The van der Waals surface area contributed by atoms with Crippen LogP contribution in [-0.4, -0.2) is 49.1 Å². The molecule has 3 nitrogen and oxygen atoms in total. The zero-order valence-corrected chi connectivity index (χ0v) is 11.8. The molecule has 0 spiro atoms. The van der Waals surface area contributed by atoms with Crippen LogP contribution in [0.2, 0.25) is 0 Å². The van der Waals surface area contributed by atoms with E-state index in [1.807, 2.05) is 0 Å². The molecule has 0 radical (unpaired) electrons. The van der Waals surface area contributed by atoms with Gasteiger partial charge in [0.25, 0.3) is 0 Å². The predicted octanol–water partition coefficient (Wildman–Crippen LogP) is 1.63. The second kappa shape index (κ2) is 5.83. The van der Waals surface area contributed by atoms with Gasteiger partial charge in [-0.05, 0) is 26.5 Å². The molecule has 1 aliphatic heterocycles. The van der Waals surface area contributed by atoms with Crippen LogP contribution in [0.25, 0.3) is 0 Å². The lowest BCUT2D eigenvalue weighted by molar-refractivity contribution is 0.100. The van der Waals surface area contributed by atoms with Crippen molar-refractivity contribution in [3.63, 3.8) is 0 Å². The second-order valence-corrected chi connectivity index (χ2v) is 5.61. The second-order valence-electron chi connectivity index (χ2n) is 5.61. The van der Waals surface area contributed by atoms with E-state index >= 15 is 0 Å². The van der Waals surface area contributed by atoms with Gasteiger partial charge in [-0.25, -0.2) is 0 Å². The van der Waals surface area contributed by atoms with Crippen LogP contribution in [0.15, 0.2) is 24.3 Å². The maximum absolute atomic E-state index is 6.32. The van der Waals surface area contributed by atoms with Crippen molar-refractivity contribution >= 4 is 0 Å². The topological polar surface area (TPSA) is 32.5 Å². The van der Waals surface area contributed by atoms with Crippen LogP contribution >= 0.6 is 0 Å². The SMILES string of the molecule is Cc1cccc(C(N)CN2CCN(C)C(C)C2)c1. The van der Waals surface area contributed by atoms with E-state index in [1.54, 1.807) is 0 Å². The quantitative estimate of drug-likeness (QED) is 0.881. The summed E-state index contributed by atoms with van der Waals surface area (Å²) in [5, 5.41) is 0. The van der Waals surface area contributed by atoms with Crippen molar-refractivity contribution < 1.29 is 0 Å². The average molecular weight is 247 g/mol. The third-order valence-corrected chi connectivity index (χ3v) is 3.97. The Morgan fingerprint density at radius 3 is 2.83 bits per heavy atom. The van der Waals surface area contributed by atoms with E-state index < -0.39 is 0 Å². The molecule has 1 heterocycles. The number of aryl methyl sites for hydroxylation is 1. The molecule has 0 saturated carbocycles. The minimum Gasteiger partial charge on any atom is -0.323 e. The van der Waals surface area contributed by atoms with E-state index in [4.69, 9.17) is 5.73 Å². The summed E-state index contributed by atoms with van der Waals surface area (Å²) in [4.78, 5) is 4.90. The minimum absolute atomic E-state index is 0.125. The fraction of sp³-hybridized carbons (Fsp3) is 0.600. The monoisotopic (exact) mass is 247 g/mol. The first-order valence-corrected chi connectivity index (χ1v) is 6.81. The molecular weight excluding hydrogens is 222 g/mol. The fourth-order valence-electron chi connectivity index (χ4n) is 2.57. The highest BCUT2D eigenvalue weighted by molar-refractivity contribution is 5.25. The minimum atomic E-state index is 0.125. The average Bonchev–Trinajstić information content (AvgIpc) is 2.34. The van der Waals surface area contributed by atoms with E-state index in [1.165, 1.54) is 11.1 Å². The number of nitrogens with zero attached hydrogens (tertiary/aromatic N) is 2. The molecule has 0 amide bonds. The van der Waals surface area contributed by atoms with Crippen LogP contribution in [0.4, 0.5) is 0 Å². The maximum atomic E-state index is 6.32. The molecule has 1 aromatic rings.